The second-order valence-electron chi connectivity index (χ2n) is 4.00. The number of aryl methyl sites for hydroxylation is 1. The van der Waals surface area contributed by atoms with Crippen LogP contribution in [-0.4, -0.2) is 4.98 Å². The minimum atomic E-state index is -0.578. The highest BCUT2D eigenvalue weighted by molar-refractivity contribution is 6.34. The first-order valence-corrected chi connectivity index (χ1v) is 6.07. The van der Waals surface area contributed by atoms with Crippen molar-refractivity contribution < 1.29 is 4.39 Å². The van der Waals surface area contributed by atoms with Crippen LogP contribution in [0.4, 0.5) is 4.39 Å². The fraction of sp³-hybridized carbons (Fsp3) is 0.154. The van der Waals surface area contributed by atoms with Crippen molar-refractivity contribution in [2.24, 2.45) is 5.73 Å². The maximum absolute atomic E-state index is 13.3. The quantitative estimate of drug-likeness (QED) is 0.909. The van der Waals surface area contributed by atoms with Crippen LogP contribution in [0.1, 0.15) is 22.9 Å². The summed E-state index contributed by atoms with van der Waals surface area (Å²) in [5.41, 5.74) is 8.11. The van der Waals surface area contributed by atoms with Gasteiger partial charge in [0.25, 0.3) is 0 Å². The van der Waals surface area contributed by atoms with Crippen LogP contribution in [-0.2, 0) is 0 Å². The SMILES string of the molecule is Cc1ccc(F)cc1C(N)c1ncc(Cl)cc1Cl. The van der Waals surface area contributed by atoms with E-state index in [-0.39, 0.29) is 5.82 Å². The molecule has 0 radical (unpaired) electrons. The Morgan fingerprint density at radius 3 is 2.67 bits per heavy atom. The maximum Gasteiger partial charge on any atom is 0.123 e. The van der Waals surface area contributed by atoms with Crippen LogP contribution in [0, 0.1) is 12.7 Å². The van der Waals surface area contributed by atoms with E-state index in [1.807, 2.05) is 6.92 Å². The van der Waals surface area contributed by atoms with Gasteiger partial charge in [-0.15, -0.1) is 0 Å². The van der Waals surface area contributed by atoms with E-state index in [2.05, 4.69) is 4.98 Å². The van der Waals surface area contributed by atoms with Gasteiger partial charge in [0.05, 0.1) is 21.8 Å². The lowest BCUT2D eigenvalue weighted by atomic mass is 9.99. The molecule has 0 spiro atoms. The summed E-state index contributed by atoms with van der Waals surface area (Å²) >= 11 is 11.8. The Labute approximate surface area is 115 Å². The van der Waals surface area contributed by atoms with E-state index in [1.165, 1.54) is 18.3 Å². The van der Waals surface area contributed by atoms with Gasteiger partial charge in [0.1, 0.15) is 5.82 Å². The van der Waals surface area contributed by atoms with Gasteiger partial charge in [0.15, 0.2) is 0 Å². The number of halogens is 3. The Kier molecular flexibility index (Phi) is 3.85. The van der Waals surface area contributed by atoms with Crippen molar-refractivity contribution in [3.05, 3.63) is 63.1 Å². The fourth-order valence-electron chi connectivity index (χ4n) is 1.75. The molecule has 2 rings (SSSR count). The Morgan fingerprint density at radius 1 is 1.28 bits per heavy atom. The van der Waals surface area contributed by atoms with E-state index in [9.17, 15) is 4.39 Å². The van der Waals surface area contributed by atoms with Crippen molar-refractivity contribution in [1.29, 1.82) is 0 Å². The van der Waals surface area contributed by atoms with E-state index < -0.39 is 6.04 Å². The number of nitrogens with zero attached hydrogens (tertiary/aromatic N) is 1. The Morgan fingerprint density at radius 2 is 2.00 bits per heavy atom. The number of nitrogens with two attached hydrogens (primary N) is 1. The number of hydrogen-bond acceptors (Lipinski definition) is 2. The second kappa shape index (κ2) is 5.22. The highest BCUT2D eigenvalue weighted by Crippen LogP contribution is 2.28. The third-order valence-electron chi connectivity index (χ3n) is 2.71. The van der Waals surface area contributed by atoms with Crippen LogP contribution in [0.15, 0.2) is 30.5 Å². The zero-order valence-corrected chi connectivity index (χ0v) is 11.1. The van der Waals surface area contributed by atoms with Crippen molar-refractivity contribution >= 4 is 23.2 Å². The molecule has 0 amide bonds. The van der Waals surface area contributed by atoms with Crippen LogP contribution >= 0.6 is 23.2 Å². The Hall–Kier alpha value is -1.16. The molecule has 0 bridgehead atoms. The number of rotatable bonds is 2. The number of benzene rings is 1. The third-order valence-corrected chi connectivity index (χ3v) is 3.22. The van der Waals surface area contributed by atoms with Gasteiger partial charge in [-0.25, -0.2) is 4.39 Å². The maximum atomic E-state index is 13.3. The summed E-state index contributed by atoms with van der Waals surface area (Å²) in [5.74, 6) is -0.337. The van der Waals surface area contributed by atoms with Gasteiger partial charge in [0.2, 0.25) is 0 Å². The molecule has 1 unspecified atom stereocenters. The zero-order chi connectivity index (χ0) is 13.3. The normalized spacial score (nSPS) is 12.5. The smallest absolute Gasteiger partial charge is 0.123 e. The molecule has 0 aliphatic carbocycles. The molecule has 1 aromatic heterocycles. The van der Waals surface area contributed by atoms with Crippen LogP contribution in [0.25, 0.3) is 0 Å². The van der Waals surface area contributed by atoms with Crippen LogP contribution in [0.2, 0.25) is 10.0 Å². The average molecular weight is 285 g/mol. The molecular weight excluding hydrogens is 274 g/mol. The zero-order valence-electron chi connectivity index (χ0n) is 9.62. The van der Waals surface area contributed by atoms with Crippen LogP contribution < -0.4 is 5.73 Å². The van der Waals surface area contributed by atoms with Gasteiger partial charge in [-0.1, -0.05) is 29.3 Å². The molecule has 5 heteroatoms. The number of hydrogen-bond donors (Lipinski definition) is 1. The topological polar surface area (TPSA) is 38.9 Å². The van der Waals surface area contributed by atoms with Crippen molar-refractivity contribution in [1.82, 2.24) is 4.98 Å². The van der Waals surface area contributed by atoms with Crippen molar-refractivity contribution in [2.75, 3.05) is 0 Å². The van der Waals surface area contributed by atoms with E-state index in [1.54, 1.807) is 12.1 Å². The first-order chi connectivity index (χ1) is 8.49. The molecular formula is C13H11Cl2FN2. The molecule has 2 nitrogen and oxygen atoms in total. The van der Waals surface area contributed by atoms with E-state index in [4.69, 9.17) is 28.9 Å². The van der Waals surface area contributed by atoms with Gasteiger partial charge in [-0.3, -0.25) is 4.98 Å². The Bertz CT molecular complexity index is 587. The van der Waals surface area contributed by atoms with Gasteiger partial charge in [-0.2, -0.15) is 0 Å². The minimum absolute atomic E-state index is 0.337. The van der Waals surface area contributed by atoms with Crippen LogP contribution in [0.5, 0.6) is 0 Å². The molecule has 18 heavy (non-hydrogen) atoms. The lowest BCUT2D eigenvalue weighted by molar-refractivity contribution is 0.622. The highest BCUT2D eigenvalue weighted by Gasteiger charge is 2.17. The molecule has 1 heterocycles. The minimum Gasteiger partial charge on any atom is -0.319 e. The highest BCUT2D eigenvalue weighted by atomic mass is 35.5. The van der Waals surface area contributed by atoms with Gasteiger partial charge in [0, 0.05) is 6.20 Å². The molecule has 0 aliphatic rings. The average Bonchev–Trinajstić information content (AvgIpc) is 2.31. The largest absolute Gasteiger partial charge is 0.319 e. The summed E-state index contributed by atoms with van der Waals surface area (Å²) in [6, 6.07) is 5.45. The molecule has 0 saturated carbocycles. The van der Waals surface area contributed by atoms with Crippen molar-refractivity contribution in [3.63, 3.8) is 0 Å². The van der Waals surface area contributed by atoms with E-state index >= 15 is 0 Å². The van der Waals surface area contributed by atoms with Gasteiger partial charge in [-0.05, 0) is 36.2 Å². The molecule has 0 saturated heterocycles. The van der Waals surface area contributed by atoms with Crippen LogP contribution in [0.3, 0.4) is 0 Å². The molecule has 1 aromatic carbocycles. The molecule has 2 aromatic rings. The van der Waals surface area contributed by atoms with Gasteiger partial charge >= 0.3 is 0 Å². The summed E-state index contributed by atoms with van der Waals surface area (Å²) in [7, 11) is 0. The summed E-state index contributed by atoms with van der Waals surface area (Å²) in [6.07, 6.45) is 1.47. The van der Waals surface area contributed by atoms with Crippen molar-refractivity contribution in [3.8, 4) is 0 Å². The predicted molar refractivity (Wildman–Crippen MR) is 71.4 cm³/mol. The molecule has 0 aliphatic heterocycles. The monoisotopic (exact) mass is 284 g/mol. The first-order valence-electron chi connectivity index (χ1n) is 5.31. The predicted octanol–water partition coefficient (Wildman–Crippen LogP) is 3.88. The third kappa shape index (κ3) is 2.64. The Balaban J connectivity index is 2.47. The van der Waals surface area contributed by atoms with E-state index in [0.29, 0.717) is 21.3 Å². The molecule has 94 valence electrons. The summed E-state index contributed by atoms with van der Waals surface area (Å²) in [4.78, 5) is 4.11. The van der Waals surface area contributed by atoms with Gasteiger partial charge < -0.3 is 5.73 Å². The molecule has 2 N–H and O–H groups in total. The lowest BCUT2D eigenvalue weighted by Gasteiger charge is -2.15. The lowest BCUT2D eigenvalue weighted by Crippen LogP contribution is -2.15. The molecule has 1 atom stereocenters. The second-order valence-corrected chi connectivity index (χ2v) is 4.84. The molecule has 0 fully saturated rings. The number of pyridine rings is 1. The summed E-state index contributed by atoms with van der Waals surface area (Å²) < 4.78 is 13.3. The summed E-state index contributed by atoms with van der Waals surface area (Å²) in [6.45, 7) is 1.86. The van der Waals surface area contributed by atoms with E-state index in [0.717, 1.165) is 5.56 Å². The fourth-order valence-corrected chi connectivity index (χ4v) is 2.25. The standard InChI is InChI=1S/C13H11Cl2FN2/c1-7-2-3-9(16)5-10(7)12(17)13-11(15)4-8(14)6-18-13/h2-6,12H,17H2,1H3. The number of aromatic nitrogens is 1. The first kappa shape index (κ1) is 13.3. The van der Waals surface area contributed by atoms with Crippen molar-refractivity contribution in [2.45, 2.75) is 13.0 Å². The summed E-state index contributed by atoms with van der Waals surface area (Å²) in [5, 5.41) is 0.811.